The number of carbonyl (C=O) groups excluding carboxylic acids is 2. The smallest absolute Gasteiger partial charge is 0.258 e. The third kappa shape index (κ3) is 3.11. The lowest BCUT2D eigenvalue weighted by Gasteiger charge is -2.07. The van der Waals surface area contributed by atoms with E-state index in [9.17, 15) is 14.0 Å². The molecule has 1 amide bonds. The number of rotatable bonds is 4. The molecule has 4 nitrogen and oxygen atoms in total. The number of anilines is 1. The number of hydrogen-bond donors (Lipinski definition) is 1. The van der Waals surface area contributed by atoms with Gasteiger partial charge in [-0.3, -0.25) is 9.59 Å². The van der Waals surface area contributed by atoms with Crippen molar-refractivity contribution in [3.8, 4) is 0 Å². The molecular formula is C22H14FNO3. The van der Waals surface area contributed by atoms with Gasteiger partial charge in [0.15, 0.2) is 5.76 Å². The van der Waals surface area contributed by atoms with Crippen molar-refractivity contribution >= 4 is 28.3 Å². The van der Waals surface area contributed by atoms with Crippen LogP contribution in [0.2, 0.25) is 0 Å². The van der Waals surface area contributed by atoms with Gasteiger partial charge in [0, 0.05) is 10.9 Å². The predicted octanol–water partition coefficient (Wildman–Crippen LogP) is 5.06. The standard InChI is InChI=1S/C22H14FNO3/c23-17-12-6-4-10-15(17)22(26)24-19-16-11-5-7-13-18(16)27-21(19)20(25)14-8-2-1-3-9-14/h1-13H,(H,24,26). The molecule has 3 aromatic carbocycles. The zero-order chi connectivity index (χ0) is 18.8. The fourth-order valence-electron chi connectivity index (χ4n) is 2.88. The summed E-state index contributed by atoms with van der Waals surface area (Å²) in [4.78, 5) is 25.5. The first kappa shape index (κ1) is 16.7. The summed E-state index contributed by atoms with van der Waals surface area (Å²) in [6, 6.07) is 21.3. The Morgan fingerprint density at radius 3 is 2.26 bits per heavy atom. The molecule has 0 saturated carbocycles. The summed E-state index contributed by atoms with van der Waals surface area (Å²) < 4.78 is 19.7. The average molecular weight is 359 g/mol. The van der Waals surface area contributed by atoms with Crippen molar-refractivity contribution in [2.24, 2.45) is 0 Å². The van der Waals surface area contributed by atoms with E-state index in [1.807, 2.05) is 0 Å². The summed E-state index contributed by atoms with van der Waals surface area (Å²) in [6.45, 7) is 0. The summed E-state index contributed by atoms with van der Waals surface area (Å²) in [6.07, 6.45) is 0. The molecule has 0 aliphatic carbocycles. The first-order chi connectivity index (χ1) is 13.1. The second-order valence-electron chi connectivity index (χ2n) is 5.93. The molecule has 132 valence electrons. The van der Waals surface area contributed by atoms with Crippen molar-refractivity contribution in [3.63, 3.8) is 0 Å². The Hall–Kier alpha value is -3.73. The number of furan rings is 1. The summed E-state index contributed by atoms with van der Waals surface area (Å²) in [5.74, 6) is -1.65. The van der Waals surface area contributed by atoms with Gasteiger partial charge in [-0.15, -0.1) is 0 Å². The van der Waals surface area contributed by atoms with Crippen LogP contribution in [0.3, 0.4) is 0 Å². The Labute approximate surface area is 154 Å². The van der Waals surface area contributed by atoms with Gasteiger partial charge >= 0.3 is 0 Å². The van der Waals surface area contributed by atoms with E-state index in [1.54, 1.807) is 60.7 Å². The number of hydrogen-bond acceptors (Lipinski definition) is 3. The maximum Gasteiger partial charge on any atom is 0.258 e. The minimum Gasteiger partial charge on any atom is -0.450 e. The third-order valence-corrected chi connectivity index (χ3v) is 4.19. The van der Waals surface area contributed by atoms with Crippen LogP contribution >= 0.6 is 0 Å². The number of para-hydroxylation sites is 1. The van der Waals surface area contributed by atoms with Crippen LogP contribution in [0.4, 0.5) is 10.1 Å². The van der Waals surface area contributed by atoms with E-state index < -0.39 is 11.7 Å². The molecule has 5 heteroatoms. The lowest BCUT2D eigenvalue weighted by Crippen LogP contribution is -2.15. The molecule has 1 aromatic heterocycles. The Bertz CT molecular complexity index is 1150. The van der Waals surface area contributed by atoms with E-state index in [-0.39, 0.29) is 22.8 Å². The van der Waals surface area contributed by atoms with Gasteiger partial charge in [-0.2, -0.15) is 0 Å². The van der Waals surface area contributed by atoms with Crippen molar-refractivity contribution in [2.75, 3.05) is 5.32 Å². The number of halogens is 1. The predicted molar refractivity (Wildman–Crippen MR) is 100 cm³/mol. The Kier molecular flexibility index (Phi) is 4.26. The van der Waals surface area contributed by atoms with Gasteiger partial charge in [0.2, 0.25) is 5.78 Å². The van der Waals surface area contributed by atoms with Crippen molar-refractivity contribution in [2.45, 2.75) is 0 Å². The Balaban J connectivity index is 1.80. The summed E-state index contributed by atoms with van der Waals surface area (Å²) in [7, 11) is 0. The van der Waals surface area contributed by atoms with Gasteiger partial charge in [0.1, 0.15) is 11.4 Å². The van der Waals surface area contributed by atoms with Crippen LogP contribution in [0.15, 0.2) is 83.3 Å². The van der Waals surface area contributed by atoms with Crippen LogP contribution in [-0.2, 0) is 0 Å². The first-order valence-corrected chi connectivity index (χ1v) is 8.32. The van der Waals surface area contributed by atoms with Gasteiger partial charge in [0.05, 0.1) is 11.3 Å². The zero-order valence-corrected chi connectivity index (χ0v) is 14.1. The lowest BCUT2D eigenvalue weighted by molar-refractivity contribution is 0.101. The van der Waals surface area contributed by atoms with E-state index in [0.29, 0.717) is 16.5 Å². The zero-order valence-electron chi connectivity index (χ0n) is 14.1. The van der Waals surface area contributed by atoms with Gasteiger partial charge in [-0.25, -0.2) is 4.39 Å². The maximum absolute atomic E-state index is 14.0. The van der Waals surface area contributed by atoms with Crippen molar-refractivity contribution < 1.29 is 18.4 Å². The molecular weight excluding hydrogens is 345 g/mol. The SMILES string of the molecule is O=C(Nc1c(C(=O)c2ccccc2)oc2ccccc12)c1ccccc1F. The van der Waals surface area contributed by atoms with Crippen molar-refractivity contribution in [1.29, 1.82) is 0 Å². The quantitative estimate of drug-likeness (QED) is 0.519. The molecule has 0 radical (unpaired) electrons. The maximum atomic E-state index is 14.0. The minimum absolute atomic E-state index is 0.00656. The molecule has 4 aromatic rings. The van der Waals surface area contributed by atoms with Gasteiger partial charge < -0.3 is 9.73 Å². The van der Waals surface area contributed by atoms with Crippen LogP contribution in [0.5, 0.6) is 0 Å². The molecule has 0 fully saturated rings. The highest BCUT2D eigenvalue weighted by atomic mass is 19.1. The summed E-state index contributed by atoms with van der Waals surface area (Å²) >= 11 is 0. The topological polar surface area (TPSA) is 59.3 Å². The second-order valence-corrected chi connectivity index (χ2v) is 5.93. The number of benzene rings is 3. The molecule has 0 atom stereocenters. The summed E-state index contributed by atoms with van der Waals surface area (Å²) in [5.41, 5.74) is 1.01. The van der Waals surface area contributed by atoms with E-state index in [4.69, 9.17) is 4.42 Å². The highest BCUT2D eigenvalue weighted by Gasteiger charge is 2.24. The van der Waals surface area contributed by atoms with Crippen LogP contribution in [0.1, 0.15) is 26.5 Å². The second kappa shape index (κ2) is 6.88. The molecule has 1 N–H and O–H groups in total. The average Bonchev–Trinajstić information content (AvgIpc) is 3.07. The highest BCUT2D eigenvalue weighted by Crippen LogP contribution is 2.33. The molecule has 0 spiro atoms. The minimum atomic E-state index is -0.651. The van der Waals surface area contributed by atoms with E-state index in [0.717, 1.165) is 0 Å². The molecule has 0 aliphatic heterocycles. The van der Waals surface area contributed by atoms with Gasteiger partial charge in [-0.1, -0.05) is 54.6 Å². The van der Waals surface area contributed by atoms with Crippen molar-refractivity contribution in [1.82, 2.24) is 0 Å². The molecule has 4 rings (SSSR count). The molecule has 27 heavy (non-hydrogen) atoms. The lowest BCUT2D eigenvalue weighted by atomic mass is 10.1. The van der Waals surface area contributed by atoms with E-state index >= 15 is 0 Å². The summed E-state index contributed by atoms with van der Waals surface area (Å²) in [5, 5.41) is 3.22. The first-order valence-electron chi connectivity index (χ1n) is 8.32. The Morgan fingerprint density at radius 2 is 1.48 bits per heavy atom. The van der Waals surface area contributed by atoms with Crippen molar-refractivity contribution in [3.05, 3.63) is 102 Å². The van der Waals surface area contributed by atoms with E-state index in [1.165, 1.54) is 18.2 Å². The fourth-order valence-corrected chi connectivity index (χ4v) is 2.88. The number of nitrogens with one attached hydrogen (secondary N) is 1. The third-order valence-electron chi connectivity index (χ3n) is 4.19. The Morgan fingerprint density at radius 1 is 0.815 bits per heavy atom. The molecule has 0 bridgehead atoms. The number of ketones is 1. The molecule has 1 heterocycles. The molecule has 0 aliphatic rings. The van der Waals surface area contributed by atoms with Gasteiger partial charge in [-0.05, 0) is 24.3 Å². The van der Waals surface area contributed by atoms with Crippen LogP contribution in [0.25, 0.3) is 11.0 Å². The number of amides is 1. The highest BCUT2D eigenvalue weighted by molar-refractivity contribution is 6.18. The fraction of sp³-hybridized carbons (Fsp3) is 0. The molecule has 0 unspecified atom stereocenters. The normalized spacial score (nSPS) is 10.7. The number of carbonyl (C=O) groups is 2. The van der Waals surface area contributed by atoms with Crippen LogP contribution in [-0.4, -0.2) is 11.7 Å². The number of fused-ring (bicyclic) bond motifs is 1. The van der Waals surface area contributed by atoms with Gasteiger partial charge in [0.25, 0.3) is 5.91 Å². The van der Waals surface area contributed by atoms with Crippen LogP contribution < -0.4 is 5.32 Å². The monoisotopic (exact) mass is 359 g/mol. The van der Waals surface area contributed by atoms with E-state index in [2.05, 4.69) is 5.32 Å². The van der Waals surface area contributed by atoms with Crippen LogP contribution in [0, 0.1) is 5.82 Å². The molecule has 0 saturated heterocycles. The largest absolute Gasteiger partial charge is 0.450 e.